The summed E-state index contributed by atoms with van der Waals surface area (Å²) >= 11 is 9.47. The third kappa shape index (κ3) is 3.62. The molecular formula is C13H16BrClO3. The van der Waals surface area contributed by atoms with Gasteiger partial charge in [-0.2, -0.15) is 0 Å². The van der Waals surface area contributed by atoms with Gasteiger partial charge in [0.1, 0.15) is 5.75 Å². The smallest absolute Gasteiger partial charge is 0.345 e. The molecule has 0 saturated heterocycles. The normalized spacial score (nSPS) is 12.6. The molecule has 0 saturated carbocycles. The average Bonchev–Trinajstić information content (AvgIpc) is 2.29. The Morgan fingerprint density at radius 1 is 1.50 bits per heavy atom. The second-order valence-corrected chi connectivity index (χ2v) is 5.41. The maximum atomic E-state index is 11.1. The molecule has 1 unspecified atom stereocenters. The van der Waals surface area contributed by atoms with E-state index in [0.29, 0.717) is 16.1 Å². The summed E-state index contributed by atoms with van der Waals surface area (Å²) in [5.74, 6) is -0.531. The first-order chi connectivity index (χ1) is 8.36. The van der Waals surface area contributed by atoms with Crippen molar-refractivity contribution in [3.05, 3.63) is 28.3 Å². The standard InChI is InChI=1S/C13H16BrClO3/c1-7(2)12(13(16)17)18-10-4-8(3)11(15)9(5-10)6-14/h4-5,7,12H,6H2,1-3H3,(H,16,17). The zero-order valence-corrected chi connectivity index (χ0v) is 12.9. The number of alkyl halides is 1. The van der Waals surface area contributed by atoms with Gasteiger partial charge in [-0.25, -0.2) is 4.79 Å². The second-order valence-electron chi connectivity index (χ2n) is 4.47. The van der Waals surface area contributed by atoms with Crippen molar-refractivity contribution in [2.75, 3.05) is 0 Å². The number of carboxylic acids is 1. The van der Waals surface area contributed by atoms with Crippen molar-refractivity contribution in [2.45, 2.75) is 32.2 Å². The number of hydrogen-bond donors (Lipinski definition) is 1. The first-order valence-corrected chi connectivity index (χ1v) is 7.11. The lowest BCUT2D eigenvalue weighted by Gasteiger charge is -2.19. The summed E-state index contributed by atoms with van der Waals surface area (Å²) in [4.78, 5) is 11.1. The summed E-state index contributed by atoms with van der Waals surface area (Å²) in [6.07, 6.45) is -0.853. The highest BCUT2D eigenvalue weighted by molar-refractivity contribution is 9.08. The summed E-state index contributed by atoms with van der Waals surface area (Å²) in [7, 11) is 0. The quantitative estimate of drug-likeness (QED) is 0.826. The molecule has 100 valence electrons. The number of aryl methyl sites for hydroxylation is 1. The van der Waals surface area contributed by atoms with Gasteiger partial charge in [0, 0.05) is 16.3 Å². The molecule has 0 aliphatic rings. The highest BCUT2D eigenvalue weighted by atomic mass is 79.9. The Labute approximate surface area is 120 Å². The van der Waals surface area contributed by atoms with E-state index in [4.69, 9.17) is 21.4 Å². The molecule has 0 aliphatic carbocycles. The lowest BCUT2D eigenvalue weighted by Crippen LogP contribution is -2.32. The van der Waals surface area contributed by atoms with Crippen LogP contribution in [0.15, 0.2) is 12.1 Å². The van der Waals surface area contributed by atoms with Crippen LogP contribution < -0.4 is 4.74 Å². The number of halogens is 2. The predicted octanol–water partition coefficient (Wildman–Crippen LogP) is 4.03. The summed E-state index contributed by atoms with van der Waals surface area (Å²) in [5, 5.41) is 10.4. The van der Waals surface area contributed by atoms with Crippen molar-refractivity contribution < 1.29 is 14.6 Å². The maximum absolute atomic E-state index is 11.1. The fourth-order valence-electron chi connectivity index (χ4n) is 1.59. The van der Waals surface area contributed by atoms with Crippen LogP contribution in [-0.4, -0.2) is 17.2 Å². The topological polar surface area (TPSA) is 46.5 Å². The Morgan fingerprint density at radius 3 is 2.56 bits per heavy atom. The SMILES string of the molecule is Cc1cc(OC(C(=O)O)C(C)C)cc(CBr)c1Cl. The zero-order valence-electron chi connectivity index (χ0n) is 10.5. The van der Waals surface area contributed by atoms with Gasteiger partial charge < -0.3 is 9.84 Å². The number of ether oxygens (including phenoxy) is 1. The molecule has 1 atom stereocenters. The van der Waals surface area contributed by atoms with E-state index in [9.17, 15) is 4.79 Å². The Bertz CT molecular complexity index is 446. The van der Waals surface area contributed by atoms with Gasteiger partial charge in [-0.05, 0) is 30.2 Å². The van der Waals surface area contributed by atoms with Gasteiger partial charge in [0.15, 0.2) is 6.10 Å². The van der Waals surface area contributed by atoms with Crippen LogP contribution in [-0.2, 0) is 10.1 Å². The number of benzene rings is 1. The molecule has 0 aliphatic heterocycles. The Kier molecular flexibility index (Phi) is 5.47. The van der Waals surface area contributed by atoms with Gasteiger partial charge in [0.05, 0.1) is 0 Å². The number of rotatable bonds is 5. The molecule has 3 nitrogen and oxygen atoms in total. The van der Waals surface area contributed by atoms with Crippen LogP contribution in [0.25, 0.3) is 0 Å². The van der Waals surface area contributed by atoms with Crippen LogP contribution in [0.5, 0.6) is 5.75 Å². The van der Waals surface area contributed by atoms with Crippen LogP contribution in [0.1, 0.15) is 25.0 Å². The molecule has 1 rings (SSSR count). The predicted molar refractivity (Wildman–Crippen MR) is 75.7 cm³/mol. The molecule has 18 heavy (non-hydrogen) atoms. The number of aliphatic carboxylic acids is 1. The maximum Gasteiger partial charge on any atom is 0.345 e. The molecule has 0 heterocycles. The van der Waals surface area contributed by atoms with Gasteiger partial charge >= 0.3 is 5.97 Å². The van der Waals surface area contributed by atoms with E-state index in [-0.39, 0.29) is 5.92 Å². The zero-order chi connectivity index (χ0) is 13.9. The van der Waals surface area contributed by atoms with Gasteiger partial charge in [-0.3, -0.25) is 0 Å². The van der Waals surface area contributed by atoms with E-state index in [2.05, 4.69) is 15.9 Å². The summed E-state index contributed by atoms with van der Waals surface area (Å²) in [6, 6.07) is 3.52. The lowest BCUT2D eigenvalue weighted by molar-refractivity contribution is -0.147. The van der Waals surface area contributed by atoms with E-state index in [1.807, 2.05) is 20.8 Å². The molecule has 1 N–H and O–H groups in total. The first-order valence-electron chi connectivity index (χ1n) is 5.61. The molecule has 1 aromatic rings. The van der Waals surface area contributed by atoms with Crippen LogP contribution in [0.3, 0.4) is 0 Å². The fraction of sp³-hybridized carbons (Fsp3) is 0.462. The van der Waals surface area contributed by atoms with Crippen molar-refractivity contribution in [1.29, 1.82) is 0 Å². The summed E-state index contributed by atoms with van der Waals surface area (Å²) < 4.78 is 5.54. The third-order valence-electron chi connectivity index (χ3n) is 2.56. The van der Waals surface area contributed by atoms with E-state index in [1.54, 1.807) is 12.1 Å². The molecule has 0 amide bonds. The van der Waals surface area contributed by atoms with Crippen LogP contribution in [0, 0.1) is 12.8 Å². The number of hydrogen-bond acceptors (Lipinski definition) is 2. The van der Waals surface area contributed by atoms with Crippen molar-refractivity contribution in [1.82, 2.24) is 0 Å². The van der Waals surface area contributed by atoms with Crippen molar-refractivity contribution in [3.8, 4) is 5.75 Å². The molecular weight excluding hydrogens is 319 g/mol. The second kappa shape index (κ2) is 6.43. The molecule has 0 spiro atoms. The minimum absolute atomic E-state index is 0.106. The van der Waals surface area contributed by atoms with E-state index < -0.39 is 12.1 Å². The van der Waals surface area contributed by atoms with Gasteiger partial charge in [-0.15, -0.1) is 0 Å². The van der Waals surface area contributed by atoms with Crippen molar-refractivity contribution >= 4 is 33.5 Å². The van der Waals surface area contributed by atoms with Crippen molar-refractivity contribution in [2.24, 2.45) is 5.92 Å². The Hall–Kier alpha value is -0.740. The molecule has 0 bridgehead atoms. The largest absolute Gasteiger partial charge is 0.478 e. The van der Waals surface area contributed by atoms with Gasteiger partial charge in [-0.1, -0.05) is 41.4 Å². The molecule has 5 heteroatoms. The molecule has 1 aromatic carbocycles. The lowest BCUT2D eigenvalue weighted by atomic mass is 10.1. The average molecular weight is 336 g/mol. The Morgan fingerprint density at radius 2 is 2.11 bits per heavy atom. The molecule has 0 fully saturated rings. The monoisotopic (exact) mass is 334 g/mol. The third-order valence-corrected chi connectivity index (χ3v) is 3.70. The van der Waals surface area contributed by atoms with Gasteiger partial charge in [0.25, 0.3) is 0 Å². The first kappa shape index (κ1) is 15.3. The van der Waals surface area contributed by atoms with E-state index in [0.717, 1.165) is 11.1 Å². The highest BCUT2D eigenvalue weighted by Gasteiger charge is 2.23. The summed E-state index contributed by atoms with van der Waals surface area (Å²) in [6.45, 7) is 5.49. The van der Waals surface area contributed by atoms with Gasteiger partial charge in [0.2, 0.25) is 0 Å². The summed E-state index contributed by atoms with van der Waals surface area (Å²) in [5.41, 5.74) is 1.76. The molecule has 0 aromatic heterocycles. The van der Waals surface area contributed by atoms with Crippen LogP contribution in [0.2, 0.25) is 5.02 Å². The minimum atomic E-state index is -0.960. The fourth-order valence-corrected chi connectivity index (χ4v) is 2.37. The minimum Gasteiger partial charge on any atom is -0.478 e. The highest BCUT2D eigenvalue weighted by Crippen LogP contribution is 2.29. The van der Waals surface area contributed by atoms with Crippen LogP contribution in [0.4, 0.5) is 0 Å². The Balaban J connectivity index is 3.04. The molecule has 0 radical (unpaired) electrons. The van der Waals surface area contributed by atoms with E-state index >= 15 is 0 Å². The number of carbonyl (C=O) groups is 1. The van der Waals surface area contributed by atoms with E-state index in [1.165, 1.54) is 0 Å². The van der Waals surface area contributed by atoms with Crippen LogP contribution >= 0.6 is 27.5 Å². The van der Waals surface area contributed by atoms with Crippen molar-refractivity contribution in [3.63, 3.8) is 0 Å². The number of carboxylic acid groups (broad SMARTS) is 1.